The largest absolute Gasteiger partial charge is 0.477 e. The molecule has 0 aliphatic rings. The molecule has 0 bridgehead atoms. The van der Waals surface area contributed by atoms with Crippen LogP contribution in [0, 0.1) is 0 Å². The highest BCUT2D eigenvalue weighted by molar-refractivity contribution is 5.87. The average Bonchev–Trinajstić information content (AvgIpc) is 2.35. The van der Waals surface area contributed by atoms with Gasteiger partial charge in [0.2, 0.25) is 0 Å². The monoisotopic (exact) mass is 247 g/mol. The smallest absolute Gasteiger partial charge is 0.341 e. The number of aryl methyl sites for hydroxylation is 1. The fraction of sp³-hybridized carbons (Fsp3) is 0.286. The van der Waals surface area contributed by atoms with Crippen LogP contribution in [0.2, 0.25) is 0 Å². The Morgan fingerprint density at radius 3 is 2.50 bits per heavy atom. The number of aromatic carboxylic acids is 1. The van der Waals surface area contributed by atoms with E-state index in [2.05, 4.69) is 0 Å². The normalized spacial score (nSPS) is 12.1. The first-order valence-corrected chi connectivity index (χ1v) is 5.84. The predicted octanol–water partition coefficient (Wildman–Crippen LogP) is 2.55. The second-order valence-corrected chi connectivity index (χ2v) is 3.75. The lowest BCUT2D eigenvalue weighted by molar-refractivity contribution is 0.0694. The van der Waals surface area contributed by atoms with Crippen LogP contribution >= 0.6 is 0 Å². The third-order valence-electron chi connectivity index (χ3n) is 2.65. The minimum atomic E-state index is -1.20. The summed E-state index contributed by atoms with van der Waals surface area (Å²) in [6.45, 7) is 5.59. The summed E-state index contributed by atoms with van der Waals surface area (Å²) in [5.74, 6) is -1.20. The Bertz CT molecular complexity index is 565. The maximum atomic E-state index is 12.2. The van der Waals surface area contributed by atoms with Crippen molar-refractivity contribution in [3.05, 3.63) is 52.0 Å². The predicted molar refractivity (Wildman–Crippen MR) is 71.8 cm³/mol. The summed E-state index contributed by atoms with van der Waals surface area (Å²) in [6, 6.07) is 3.04. The molecule has 18 heavy (non-hydrogen) atoms. The third kappa shape index (κ3) is 2.59. The number of hydrogen-bond acceptors (Lipinski definition) is 2. The van der Waals surface area contributed by atoms with Gasteiger partial charge in [-0.05, 0) is 38.5 Å². The van der Waals surface area contributed by atoms with E-state index in [0.29, 0.717) is 12.1 Å². The first-order valence-electron chi connectivity index (χ1n) is 5.84. The molecule has 0 spiro atoms. The number of nitrogens with zero attached hydrogens (tertiary/aromatic N) is 1. The van der Waals surface area contributed by atoms with Crippen LogP contribution in [0.25, 0.3) is 5.70 Å². The quantitative estimate of drug-likeness (QED) is 0.832. The van der Waals surface area contributed by atoms with E-state index in [1.54, 1.807) is 18.2 Å². The summed E-state index contributed by atoms with van der Waals surface area (Å²) < 4.78 is 1.45. The average molecular weight is 247 g/mol. The van der Waals surface area contributed by atoms with Crippen LogP contribution in [0.3, 0.4) is 0 Å². The molecule has 0 fully saturated rings. The van der Waals surface area contributed by atoms with Crippen molar-refractivity contribution in [3.63, 3.8) is 0 Å². The standard InChI is InChI=1S/C14H17NO3/c1-4-7-10(5-2)15-11(6-3)8-9-12(13(15)16)14(17)18/h4-5,7-9H,6H2,1-3H3,(H,17,18)/b7-4-,10-5+. The molecule has 1 rings (SSSR count). The molecule has 0 aromatic carbocycles. The van der Waals surface area contributed by atoms with Gasteiger partial charge >= 0.3 is 5.97 Å². The fourth-order valence-electron chi connectivity index (χ4n) is 1.77. The van der Waals surface area contributed by atoms with Crippen molar-refractivity contribution in [2.24, 2.45) is 0 Å². The van der Waals surface area contributed by atoms with Gasteiger partial charge in [0.05, 0.1) is 0 Å². The number of carboxylic acid groups (broad SMARTS) is 1. The number of carboxylic acids is 1. The molecule has 0 unspecified atom stereocenters. The van der Waals surface area contributed by atoms with Gasteiger partial charge in [-0.15, -0.1) is 0 Å². The zero-order valence-corrected chi connectivity index (χ0v) is 10.8. The summed E-state index contributed by atoms with van der Waals surface area (Å²) in [5, 5.41) is 8.99. The van der Waals surface area contributed by atoms with Gasteiger partial charge in [0.15, 0.2) is 0 Å². The number of hydrogen-bond donors (Lipinski definition) is 1. The zero-order valence-electron chi connectivity index (χ0n) is 10.8. The maximum absolute atomic E-state index is 12.2. The van der Waals surface area contributed by atoms with Crippen molar-refractivity contribution in [2.75, 3.05) is 0 Å². The topological polar surface area (TPSA) is 59.3 Å². The van der Waals surface area contributed by atoms with Crippen molar-refractivity contribution >= 4 is 11.7 Å². The van der Waals surface area contributed by atoms with Gasteiger partial charge in [0.1, 0.15) is 5.56 Å². The number of carbonyl (C=O) groups is 1. The Morgan fingerprint density at radius 1 is 1.39 bits per heavy atom. The minimum absolute atomic E-state index is 0.212. The Labute approximate surface area is 106 Å². The van der Waals surface area contributed by atoms with Crippen LogP contribution in [-0.2, 0) is 6.42 Å². The molecule has 0 atom stereocenters. The molecule has 4 nitrogen and oxygen atoms in total. The maximum Gasteiger partial charge on any atom is 0.341 e. The molecule has 0 saturated heterocycles. The molecular formula is C14H17NO3. The van der Waals surface area contributed by atoms with E-state index in [0.717, 1.165) is 5.69 Å². The van der Waals surface area contributed by atoms with Crippen LogP contribution in [0.1, 0.15) is 36.8 Å². The van der Waals surface area contributed by atoms with E-state index in [9.17, 15) is 9.59 Å². The van der Waals surface area contributed by atoms with Gasteiger partial charge in [0.25, 0.3) is 5.56 Å². The zero-order chi connectivity index (χ0) is 13.7. The van der Waals surface area contributed by atoms with Crippen LogP contribution in [0.15, 0.2) is 35.2 Å². The van der Waals surface area contributed by atoms with E-state index in [1.807, 2.05) is 26.8 Å². The molecule has 0 saturated carbocycles. The third-order valence-corrected chi connectivity index (χ3v) is 2.65. The van der Waals surface area contributed by atoms with Crippen LogP contribution in [0.5, 0.6) is 0 Å². The lowest BCUT2D eigenvalue weighted by Crippen LogP contribution is -2.27. The van der Waals surface area contributed by atoms with Crippen molar-refractivity contribution < 1.29 is 9.90 Å². The van der Waals surface area contributed by atoms with E-state index in [-0.39, 0.29) is 5.56 Å². The Hall–Kier alpha value is -2.10. The van der Waals surface area contributed by atoms with Gasteiger partial charge in [-0.25, -0.2) is 4.79 Å². The van der Waals surface area contributed by atoms with Crippen molar-refractivity contribution in [3.8, 4) is 0 Å². The molecule has 0 aliphatic heterocycles. The highest BCUT2D eigenvalue weighted by Gasteiger charge is 2.14. The second kappa shape index (κ2) is 6.00. The Morgan fingerprint density at radius 2 is 2.06 bits per heavy atom. The minimum Gasteiger partial charge on any atom is -0.477 e. The Kier molecular flexibility index (Phi) is 4.66. The molecule has 0 amide bonds. The van der Waals surface area contributed by atoms with Gasteiger partial charge in [-0.3, -0.25) is 9.36 Å². The summed E-state index contributed by atoms with van der Waals surface area (Å²) in [7, 11) is 0. The second-order valence-electron chi connectivity index (χ2n) is 3.75. The highest BCUT2D eigenvalue weighted by atomic mass is 16.4. The van der Waals surface area contributed by atoms with Gasteiger partial charge in [-0.1, -0.05) is 19.1 Å². The number of aromatic nitrogens is 1. The molecule has 96 valence electrons. The van der Waals surface area contributed by atoms with Gasteiger partial charge in [-0.2, -0.15) is 0 Å². The number of rotatable bonds is 4. The SMILES string of the molecule is C/C=C\C(=C/C)n1c(CC)ccc(C(=O)O)c1=O. The van der Waals surface area contributed by atoms with E-state index >= 15 is 0 Å². The molecule has 1 aromatic heterocycles. The van der Waals surface area contributed by atoms with Crippen LogP contribution in [-0.4, -0.2) is 15.6 Å². The molecule has 0 radical (unpaired) electrons. The molecule has 1 N–H and O–H groups in total. The summed E-state index contributed by atoms with van der Waals surface area (Å²) in [5.41, 5.74) is 0.766. The Balaban J connectivity index is 3.63. The van der Waals surface area contributed by atoms with Crippen LogP contribution < -0.4 is 5.56 Å². The number of allylic oxidation sites excluding steroid dienone is 4. The lowest BCUT2D eigenvalue weighted by Gasteiger charge is -2.13. The molecule has 1 aromatic rings. The fourth-order valence-corrected chi connectivity index (χ4v) is 1.77. The lowest BCUT2D eigenvalue weighted by atomic mass is 10.2. The van der Waals surface area contributed by atoms with E-state index in [1.165, 1.54) is 10.6 Å². The molecular weight excluding hydrogens is 230 g/mol. The summed E-state index contributed by atoms with van der Waals surface area (Å²) in [6.07, 6.45) is 6.04. The van der Waals surface area contributed by atoms with E-state index < -0.39 is 11.5 Å². The first-order chi connectivity index (χ1) is 8.56. The molecule has 4 heteroatoms. The summed E-state index contributed by atoms with van der Waals surface area (Å²) >= 11 is 0. The van der Waals surface area contributed by atoms with Gasteiger partial charge < -0.3 is 5.11 Å². The van der Waals surface area contributed by atoms with Crippen molar-refractivity contribution in [1.29, 1.82) is 0 Å². The first kappa shape index (κ1) is 14.0. The number of pyridine rings is 1. The molecule has 1 heterocycles. The highest BCUT2D eigenvalue weighted by Crippen LogP contribution is 2.10. The summed E-state index contributed by atoms with van der Waals surface area (Å²) in [4.78, 5) is 23.2. The van der Waals surface area contributed by atoms with Gasteiger partial charge in [0, 0.05) is 11.4 Å². The van der Waals surface area contributed by atoms with Crippen molar-refractivity contribution in [1.82, 2.24) is 4.57 Å². The van der Waals surface area contributed by atoms with E-state index in [4.69, 9.17) is 5.11 Å². The molecule has 0 aliphatic carbocycles. The van der Waals surface area contributed by atoms with Crippen molar-refractivity contribution in [2.45, 2.75) is 27.2 Å². The van der Waals surface area contributed by atoms with Crippen LogP contribution in [0.4, 0.5) is 0 Å².